The van der Waals surface area contributed by atoms with Crippen LogP contribution in [0.2, 0.25) is 0 Å². The highest BCUT2D eigenvalue weighted by molar-refractivity contribution is 8.18. The minimum absolute atomic E-state index is 0.103. The van der Waals surface area contributed by atoms with Gasteiger partial charge in [-0.15, -0.1) is 0 Å². The Labute approximate surface area is 159 Å². The minimum Gasteiger partial charge on any atom is -0.372 e. The number of carbonyl (C=O) groups is 1. The molecule has 134 valence electrons. The summed E-state index contributed by atoms with van der Waals surface area (Å²) < 4.78 is 0. The van der Waals surface area contributed by atoms with E-state index in [4.69, 9.17) is 0 Å². The van der Waals surface area contributed by atoms with Crippen LogP contribution in [0.3, 0.4) is 0 Å². The Morgan fingerprint density at radius 3 is 2.50 bits per heavy atom. The van der Waals surface area contributed by atoms with Gasteiger partial charge in [0, 0.05) is 18.8 Å². The van der Waals surface area contributed by atoms with E-state index >= 15 is 0 Å². The van der Waals surface area contributed by atoms with Crippen molar-refractivity contribution < 1.29 is 4.79 Å². The number of hydrogen-bond donors (Lipinski definition) is 1. The first-order chi connectivity index (χ1) is 12.6. The van der Waals surface area contributed by atoms with E-state index in [9.17, 15) is 4.79 Å². The number of anilines is 1. The van der Waals surface area contributed by atoms with Crippen LogP contribution in [0.4, 0.5) is 11.4 Å². The van der Waals surface area contributed by atoms with Crippen LogP contribution in [0.15, 0.2) is 58.4 Å². The summed E-state index contributed by atoms with van der Waals surface area (Å²) in [6, 6.07) is 16.2. The van der Waals surface area contributed by atoms with Gasteiger partial charge in [-0.3, -0.25) is 4.79 Å². The zero-order valence-corrected chi connectivity index (χ0v) is 16.1. The van der Waals surface area contributed by atoms with Gasteiger partial charge in [-0.05, 0) is 74.0 Å². The molecule has 0 aromatic heterocycles. The number of hydrogen-bond acceptors (Lipinski definition) is 4. The summed E-state index contributed by atoms with van der Waals surface area (Å²) in [6.45, 7) is 8.28. The second-order valence-electron chi connectivity index (χ2n) is 6.08. The Balaban J connectivity index is 1.76. The highest BCUT2D eigenvalue weighted by Crippen LogP contribution is 2.28. The molecule has 0 spiro atoms. The highest BCUT2D eigenvalue weighted by Gasteiger charge is 2.23. The molecule has 0 aliphatic carbocycles. The van der Waals surface area contributed by atoms with E-state index in [0.717, 1.165) is 29.9 Å². The molecule has 1 heterocycles. The second-order valence-corrected chi connectivity index (χ2v) is 7.12. The van der Waals surface area contributed by atoms with Gasteiger partial charge in [0.05, 0.1) is 10.6 Å². The fourth-order valence-electron chi connectivity index (χ4n) is 2.82. The lowest BCUT2D eigenvalue weighted by molar-refractivity contribution is -0.115. The Hall–Kier alpha value is -2.53. The number of rotatable bonds is 5. The number of nitrogens with zero attached hydrogens (tertiary/aromatic N) is 2. The van der Waals surface area contributed by atoms with E-state index in [0.29, 0.717) is 10.1 Å². The predicted octanol–water partition coefficient (Wildman–Crippen LogP) is 4.73. The molecule has 0 atom stereocenters. The molecule has 2 aromatic rings. The van der Waals surface area contributed by atoms with Gasteiger partial charge in [0.25, 0.3) is 5.91 Å². The molecular weight excluding hydrogens is 342 g/mol. The van der Waals surface area contributed by atoms with Crippen LogP contribution < -0.4 is 10.2 Å². The van der Waals surface area contributed by atoms with Crippen molar-refractivity contribution in [3.05, 3.63) is 64.6 Å². The molecule has 1 N–H and O–H groups in total. The van der Waals surface area contributed by atoms with Crippen molar-refractivity contribution in [1.29, 1.82) is 0 Å². The van der Waals surface area contributed by atoms with Crippen molar-refractivity contribution in [3.8, 4) is 0 Å². The largest absolute Gasteiger partial charge is 0.372 e. The minimum atomic E-state index is -0.103. The molecule has 0 unspecified atom stereocenters. The van der Waals surface area contributed by atoms with Gasteiger partial charge in [-0.1, -0.05) is 24.3 Å². The van der Waals surface area contributed by atoms with Crippen LogP contribution >= 0.6 is 11.8 Å². The first kappa shape index (κ1) is 18.3. The van der Waals surface area contributed by atoms with Crippen molar-refractivity contribution >= 4 is 40.3 Å². The quantitative estimate of drug-likeness (QED) is 0.779. The monoisotopic (exact) mass is 365 g/mol. The molecule has 1 aliphatic rings. The Morgan fingerprint density at radius 2 is 1.85 bits per heavy atom. The number of thioether (sulfide) groups is 1. The third kappa shape index (κ3) is 4.35. The van der Waals surface area contributed by atoms with Gasteiger partial charge in [0.2, 0.25) is 0 Å². The summed E-state index contributed by atoms with van der Waals surface area (Å²) in [5.41, 5.74) is 4.19. The standard InChI is InChI=1S/C21H23N3OS/c1-4-24(5-2)18-11-9-16(10-12-18)14-19-20(25)23-21(26-19)22-17-8-6-7-15(3)13-17/h6-14H,4-5H2,1-3H3,(H,22,23,25)/b19-14-. The van der Waals surface area contributed by atoms with E-state index < -0.39 is 0 Å². The fourth-order valence-corrected chi connectivity index (χ4v) is 3.66. The first-order valence-electron chi connectivity index (χ1n) is 8.80. The molecule has 0 bridgehead atoms. The average Bonchev–Trinajstić information content (AvgIpc) is 2.96. The van der Waals surface area contributed by atoms with Gasteiger partial charge >= 0.3 is 0 Å². The van der Waals surface area contributed by atoms with Gasteiger partial charge < -0.3 is 10.2 Å². The van der Waals surface area contributed by atoms with Gasteiger partial charge in [-0.25, -0.2) is 4.99 Å². The molecule has 1 aliphatic heterocycles. The van der Waals surface area contributed by atoms with Gasteiger partial charge in [-0.2, -0.15) is 0 Å². The summed E-state index contributed by atoms with van der Waals surface area (Å²) >= 11 is 1.37. The zero-order valence-electron chi connectivity index (χ0n) is 15.3. The maximum Gasteiger partial charge on any atom is 0.264 e. The van der Waals surface area contributed by atoms with Crippen LogP contribution in [0.5, 0.6) is 0 Å². The van der Waals surface area contributed by atoms with Crippen LogP contribution in [0.25, 0.3) is 6.08 Å². The molecule has 2 aromatic carbocycles. The summed E-state index contributed by atoms with van der Waals surface area (Å²) in [5, 5.41) is 3.45. The lowest BCUT2D eigenvalue weighted by Gasteiger charge is -2.20. The lowest BCUT2D eigenvalue weighted by atomic mass is 10.1. The summed E-state index contributed by atoms with van der Waals surface area (Å²) in [5.74, 6) is -0.103. The first-order valence-corrected chi connectivity index (χ1v) is 9.62. The van der Waals surface area contributed by atoms with Crippen molar-refractivity contribution in [2.75, 3.05) is 18.0 Å². The number of amides is 1. The van der Waals surface area contributed by atoms with E-state index in [1.807, 2.05) is 49.4 Å². The lowest BCUT2D eigenvalue weighted by Crippen LogP contribution is -2.21. The number of nitrogens with one attached hydrogen (secondary N) is 1. The number of aryl methyl sites for hydroxylation is 1. The van der Waals surface area contributed by atoms with Crippen LogP contribution in [-0.4, -0.2) is 24.2 Å². The van der Waals surface area contributed by atoms with Gasteiger partial charge in [0.15, 0.2) is 5.17 Å². The molecule has 1 saturated heterocycles. The number of aliphatic imine (C=N–C) groups is 1. The average molecular weight is 366 g/mol. The van der Waals surface area contributed by atoms with Crippen molar-refractivity contribution in [3.63, 3.8) is 0 Å². The van der Waals surface area contributed by atoms with Gasteiger partial charge in [0.1, 0.15) is 0 Å². The molecule has 3 rings (SSSR count). The van der Waals surface area contributed by atoms with E-state index in [1.54, 1.807) is 0 Å². The summed E-state index contributed by atoms with van der Waals surface area (Å²) in [4.78, 5) is 19.7. The molecule has 5 heteroatoms. The van der Waals surface area contributed by atoms with E-state index in [2.05, 4.69) is 41.2 Å². The molecule has 0 saturated carbocycles. The summed E-state index contributed by atoms with van der Waals surface area (Å²) in [7, 11) is 0. The Bertz CT molecular complexity index is 852. The molecule has 26 heavy (non-hydrogen) atoms. The van der Waals surface area contributed by atoms with Crippen molar-refractivity contribution in [2.45, 2.75) is 20.8 Å². The third-order valence-corrected chi connectivity index (χ3v) is 5.11. The highest BCUT2D eigenvalue weighted by atomic mass is 32.2. The SMILES string of the molecule is CCN(CC)c1ccc(/C=C2\SC(=Nc3cccc(C)c3)NC2=O)cc1. The topological polar surface area (TPSA) is 44.7 Å². The zero-order chi connectivity index (χ0) is 18.5. The molecule has 1 fully saturated rings. The Morgan fingerprint density at radius 1 is 1.12 bits per heavy atom. The molecule has 1 amide bonds. The number of carbonyl (C=O) groups excluding carboxylic acids is 1. The maximum atomic E-state index is 12.2. The van der Waals surface area contributed by atoms with Crippen LogP contribution in [-0.2, 0) is 4.79 Å². The molecule has 0 radical (unpaired) electrons. The molecule has 4 nitrogen and oxygen atoms in total. The second kappa shape index (κ2) is 8.23. The van der Waals surface area contributed by atoms with Crippen molar-refractivity contribution in [1.82, 2.24) is 5.32 Å². The smallest absolute Gasteiger partial charge is 0.264 e. The molecular formula is C21H23N3OS. The summed E-state index contributed by atoms with van der Waals surface area (Å²) in [6.07, 6.45) is 1.91. The van der Waals surface area contributed by atoms with Crippen LogP contribution in [0.1, 0.15) is 25.0 Å². The van der Waals surface area contributed by atoms with Crippen LogP contribution in [0, 0.1) is 6.92 Å². The number of amidine groups is 1. The number of benzene rings is 2. The van der Waals surface area contributed by atoms with Crippen molar-refractivity contribution in [2.24, 2.45) is 4.99 Å². The van der Waals surface area contributed by atoms with E-state index in [-0.39, 0.29) is 5.91 Å². The fraction of sp³-hybridized carbons (Fsp3) is 0.238. The predicted molar refractivity (Wildman–Crippen MR) is 112 cm³/mol. The Kier molecular flexibility index (Phi) is 5.78. The van der Waals surface area contributed by atoms with E-state index in [1.165, 1.54) is 17.4 Å². The maximum absolute atomic E-state index is 12.2. The normalized spacial score (nSPS) is 17.0. The third-order valence-electron chi connectivity index (χ3n) is 4.20.